The minimum absolute atomic E-state index is 0.406. The summed E-state index contributed by atoms with van der Waals surface area (Å²) in [5.74, 6) is -1.49. The van der Waals surface area contributed by atoms with Crippen LogP contribution in [0.15, 0.2) is 0 Å². The van der Waals surface area contributed by atoms with Gasteiger partial charge < -0.3 is 20.8 Å². The van der Waals surface area contributed by atoms with Crippen LogP contribution in [0.3, 0.4) is 0 Å². The van der Waals surface area contributed by atoms with E-state index < -0.39 is 30.6 Å². The van der Waals surface area contributed by atoms with Crippen molar-refractivity contribution in [2.75, 3.05) is 13.2 Å². The molecule has 4 N–H and O–H groups in total. The third-order valence-corrected chi connectivity index (χ3v) is 2.58. The predicted octanol–water partition coefficient (Wildman–Crippen LogP) is -1.23. The van der Waals surface area contributed by atoms with E-state index in [0.717, 1.165) is 12.8 Å². The van der Waals surface area contributed by atoms with Crippen molar-refractivity contribution in [2.24, 2.45) is 5.73 Å². The zero-order valence-electron chi connectivity index (χ0n) is 8.43. The number of rotatable bonds is 3. The number of hydrogen-bond acceptors (Lipinski definition) is 4. The van der Waals surface area contributed by atoms with E-state index in [2.05, 4.69) is 0 Å². The molecule has 86 valence electrons. The van der Waals surface area contributed by atoms with Gasteiger partial charge in [-0.1, -0.05) is 0 Å². The van der Waals surface area contributed by atoms with Crippen molar-refractivity contribution >= 4 is 11.9 Å². The van der Waals surface area contributed by atoms with E-state index in [9.17, 15) is 9.59 Å². The van der Waals surface area contributed by atoms with Gasteiger partial charge in [0, 0.05) is 6.54 Å². The third kappa shape index (κ3) is 2.66. The second-order valence-electron chi connectivity index (χ2n) is 3.67. The highest BCUT2D eigenvalue weighted by molar-refractivity contribution is 5.87. The summed E-state index contributed by atoms with van der Waals surface area (Å²) in [6.45, 7) is -0.0504. The number of amides is 1. The normalized spacial score (nSPS) is 23.6. The van der Waals surface area contributed by atoms with Crippen LogP contribution in [-0.2, 0) is 9.59 Å². The van der Waals surface area contributed by atoms with Crippen LogP contribution in [0.25, 0.3) is 0 Å². The molecule has 6 nitrogen and oxygen atoms in total. The maximum Gasteiger partial charge on any atom is 0.326 e. The van der Waals surface area contributed by atoms with Crippen molar-refractivity contribution in [3.8, 4) is 0 Å². The quantitative estimate of drug-likeness (QED) is 0.548. The van der Waals surface area contributed by atoms with Gasteiger partial charge >= 0.3 is 5.97 Å². The summed E-state index contributed by atoms with van der Waals surface area (Å²) < 4.78 is 0. The number of aliphatic carboxylic acids is 1. The Labute approximate surface area is 87.7 Å². The second kappa shape index (κ2) is 5.09. The Morgan fingerprint density at radius 2 is 2.13 bits per heavy atom. The number of aliphatic hydroxyl groups is 1. The van der Waals surface area contributed by atoms with Crippen LogP contribution in [-0.4, -0.2) is 52.2 Å². The van der Waals surface area contributed by atoms with Crippen molar-refractivity contribution in [2.45, 2.75) is 31.3 Å². The molecule has 2 atom stereocenters. The van der Waals surface area contributed by atoms with Gasteiger partial charge in [0.15, 0.2) is 0 Å². The predicted molar refractivity (Wildman–Crippen MR) is 52.0 cm³/mol. The molecule has 0 aliphatic carbocycles. The van der Waals surface area contributed by atoms with E-state index in [1.807, 2.05) is 0 Å². The van der Waals surface area contributed by atoms with E-state index in [-0.39, 0.29) is 0 Å². The zero-order valence-corrected chi connectivity index (χ0v) is 8.43. The fourth-order valence-corrected chi connectivity index (χ4v) is 1.74. The van der Waals surface area contributed by atoms with Crippen molar-refractivity contribution in [1.29, 1.82) is 0 Å². The summed E-state index contributed by atoms with van der Waals surface area (Å²) in [5, 5.41) is 17.7. The van der Waals surface area contributed by atoms with Crippen LogP contribution >= 0.6 is 0 Å². The highest BCUT2D eigenvalue weighted by Crippen LogP contribution is 2.17. The molecular formula is C9H16N2O4. The summed E-state index contributed by atoms with van der Waals surface area (Å²) >= 11 is 0. The number of likely N-dealkylation sites (tertiary alicyclic amines) is 1. The Hall–Kier alpha value is -1.14. The number of aliphatic hydroxyl groups excluding tert-OH is 1. The molecule has 15 heavy (non-hydrogen) atoms. The van der Waals surface area contributed by atoms with E-state index >= 15 is 0 Å². The van der Waals surface area contributed by atoms with E-state index in [1.165, 1.54) is 4.90 Å². The lowest BCUT2D eigenvalue weighted by Crippen LogP contribution is -2.54. The number of carbonyl (C=O) groups is 2. The first-order valence-corrected chi connectivity index (χ1v) is 4.97. The molecule has 0 unspecified atom stereocenters. The van der Waals surface area contributed by atoms with Crippen molar-refractivity contribution in [3.05, 3.63) is 0 Å². The lowest BCUT2D eigenvalue weighted by Gasteiger charge is -2.34. The average molecular weight is 216 g/mol. The highest BCUT2D eigenvalue weighted by atomic mass is 16.4. The monoisotopic (exact) mass is 216 g/mol. The van der Waals surface area contributed by atoms with Crippen molar-refractivity contribution < 1.29 is 19.8 Å². The Bertz CT molecular complexity index is 256. The van der Waals surface area contributed by atoms with Crippen LogP contribution in [0.2, 0.25) is 0 Å². The van der Waals surface area contributed by atoms with Crippen LogP contribution < -0.4 is 5.73 Å². The molecule has 0 aromatic carbocycles. The van der Waals surface area contributed by atoms with Gasteiger partial charge in [0.05, 0.1) is 6.61 Å². The number of carboxylic acids is 1. The summed E-state index contributed by atoms with van der Waals surface area (Å²) in [6, 6.07) is -1.80. The summed E-state index contributed by atoms with van der Waals surface area (Å²) in [4.78, 5) is 23.8. The molecule has 1 heterocycles. The fraction of sp³-hybridized carbons (Fsp3) is 0.778. The van der Waals surface area contributed by atoms with Crippen LogP contribution in [0.5, 0.6) is 0 Å². The van der Waals surface area contributed by atoms with Gasteiger partial charge in [-0.2, -0.15) is 0 Å². The third-order valence-electron chi connectivity index (χ3n) is 2.58. The first-order valence-electron chi connectivity index (χ1n) is 4.97. The first-order chi connectivity index (χ1) is 7.07. The van der Waals surface area contributed by atoms with Crippen LogP contribution in [0.1, 0.15) is 19.3 Å². The fourth-order valence-electron chi connectivity index (χ4n) is 1.74. The largest absolute Gasteiger partial charge is 0.480 e. The smallest absolute Gasteiger partial charge is 0.326 e. The first kappa shape index (κ1) is 11.9. The van der Waals surface area contributed by atoms with E-state index in [0.29, 0.717) is 13.0 Å². The van der Waals surface area contributed by atoms with E-state index in [1.54, 1.807) is 0 Å². The summed E-state index contributed by atoms with van der Waals surface area (Å²) in [7, 11) is 0. The van der Waals surface area contributed by atoms with Gasteiger partial charge in [0.1, 0.15) is 12.1 Å². The molecule has 1 saturated heterocycles. The molecule has 0 aromatic heterocycles. The molecule has 0 saturated carbocycles. The number of nitrogens with two attached hydrogens (primary N) is 1. The summed E-state index contributed by atoms with van der Waals surface area (Å²) in [5.41, 5.74) is 5.38. The van der Waals surface area contributed by atoms with Crippen molar-refractivity contribution in [3.63, 3.8) is 0 Å². The lowest BCUT2D eigenvalue weighted by atomic mass is 10.0. The Morgan fingerprint density at radius 3 is 2.67 bits per heavy atom. The topological polar surface area (TPSA) is 104 Å². The molecule has 1 fully saturated rings. The van der Waals surface area contributed by atoms with E-state index in [4.69, 9.17) is 15.9 Å². The maximum atomic E-state index is 11.6. The number of nitrogens with zero attached hydrogens (tertiary/aromatic N) is 1. The molecule has 1 aliphatic rings. The van der Waals surface area contributed by atoms with Gasteiger partial charge in [-0.05, 0) is 19.3 Å². The standard InChI is InChI=1S/C9H16N2O4/c10-6(5-12)8(13)11-4-2-1-3-7(11)9(14)15/h6-7,12H,1-5,10H2,(H,14,15)/t6-,7-/m0/s1. The second-order valence-corrected chi connectivity index (χ2v) is 3.67. The maximum absolute atomic E-state index is 11.6. The van der Waals surface area contributed by atoms with Gasteiger partial charge in [0.2, 0.25) is 5.91 Å². The van der Waals surface area contributed by atoms with Gasteiger partial charge in [0.25, 0.3) is 0 Å². The van der Waals surface area contributed by atoms with Gasteiger partial charge in [-0.3, -0.25) is 4.79 Å². The zero-order chi connectivity index (χ0) is 11.4. The molecule has 1 rings (SSSR count). The Kier molecular flexibility index (Phi) is 4.05. The van der Waals surface area contributed by atoms with Crippen LogP contribution in [0.4, 0.5) is 0 Å². The average Bonchev–Trinajstić information content (AvgIpc) is 2.27. The van der Waals surface area contributed by atoms with Crippen LogP contribution in [0, 0.1) is 0 Å². The number of hydrogen-bond donors (Lipinski definition) is 3. The van der Waals surface area contributed by atoms with Gasteiger partial charge in [-0.25, -0.2) is 4.79 Å². The highest BCUT2D eigenvalue weighted by Gasteiger charge is 2.33. The minimum atomic E-state index is -1.01. The van der Waals surface area contributed by atoms with Gasteiger partial charge in [-0.15, -0.1) is 0 Å². The molecule has 0 aromatic rings. The van der Waals surface area contributed by atoms with Crippen molar-refractivity contribution in [1.82, 2.24) is 4.90 Å². The molecule has 1 amide bonds. The molecule has 0 radical (unpaired) electrons. The molecule has 0 bridgehead atoms. The molecule has 1 aliphatic heterocycles. The molecule has 0 spiro atoms. The summed E-state index contributed by atoms with van der Waals surface area (Å²) in [6.07, 6.45) is 2.04. The molecule has 6 heteroatoms. The minimum Gasteiger partial charge on any atom is -0.480 e. The Morgan fingerprint density at radius 1 is 1.47 bits per heavy atom. The number of carboxylic acid groups (broad SMARTS) is 1. The number of carbonyl (C=O) groups excluding carboxylic acids is 1. The lowest BCUT2D eigenvalue weighted by molar-refractivity contribution is -0.153. The number of piperidine rings is 1. The SMILES string of the molecule is N[C@@H](CO)C(=O)N1CCCC[C@H]1C(=O)O. The Balaban J connectivity index is 2.71. The molecular weight excluding hydrogens is 200 g/mol.